The highest BCUT2D eigenvalue weighted by Crippen LogP contribution is 2.36. The standard InChI is InChI=1S/C19H24N2O3/c1-23-18-4-3-5-19(24-2)17(18)12-21-10-15(13-22)16(11-21)14-6-8-20-9-7-14/h3-9,15-16,22H,10-13H2,1-2H3/t15-,16-/m0/s1. The number of hydrogen-bond acceptors (Lipinski definition) is 5. The van der Waals surface area contributed by atoms with E-state index in [0.29, 0.717) is 5.92 Å². The number of ether oxygens (including phenoxy) is 2. The first kappa shape index (κ1) is 16.7. The summed E-state index contributed by atoms with van der Waals surface area (Å²) < 4.78 is 11.0. The number of benzene rings is 1. The summed E-state index contributed by atoms with van der Waals surface area (Å²) in [7, 11) is 3.36. The maximum absolute atomic E-state index is 9.79. The quantitative estimate of drug-likeness (QED) is 0.882. The van der Waals surface area contributed by atoms with E-state index in [1.165, 1.54) is 5.56 Å². The van der Waals surface area contributed by atoms with Gasteiger partial charge in [-0.2, -0.15) is 0 Å². The number of aromatic nitrogens is 1. The van der Waals surface area contributed by atoms with Crippen LogP contribution in [-0.4, -0.2) is 48.9 Å². The number of nitrogens with zero attached hydrogens (tertiary/aromatic N) is 2. The molecular weight excluding hydrogens is 304 g/mol. The monoisotopic (exact) mass is 328 g/mol. The highest BCUT2D eigenvalue weighted by Gasteiger charge is 2.34. The van der Waals surface area contributed by atoms with E-state index in [-0.39, 0.29) is 12.5 Å². The fourth-order valence-corrected chi connectivity index (χ4v) is 3.57. The van der Waals surface area contributed by atoms with Crippen molar-refractivity contribution in [1.29, 1.82) is 0 Å². The van der Waals surface area contributed by atoms with Crippen molar-refractivity contribution in [3.8, 4) is 11.5 Å². The Balaban J connectivity index is 1.80. The third-order valence-corrected chi connectivity index (χ3v) is 4.80. The van der Waals surface area contributed by atoms with Crippen LogP contribution in [0.25, 0.3) is 0 Å². The summed E-state index contributed by atoms with van der Waals surface area (Å²) >= 11 is 0. The van der Waals surface area contributed by atoms with E-state index in [0.717, 1.165) is 36.7 Å². The highest BCUT2D eigenvalue weighted by molar-refractivity contribution is 5.44. The molecule has 0 radical (unpaired) electrons. The smallest absolute Gasteiger partial charge is 0.127 e. The number of aliphatic hydroxyl groups is 1. The Morgan fingerprint density at radius 3 is 2.33 bits per heavy atom. The molecule has 1 aliphatic rings. The lowest BCUT2D eigenvalue weighted by atomic mass is 9.90. The second-order valence-electron chi connectivity index (χ2n) is 6.16. The SMILES string of the molecule is COc1cccc(OC)c1CN1C[C@@H](CO)[C@H](c2ccncc2)C1. The van der Waals surface area contributed by atoms with Gasteiger partial charge in [0.05, 0.1) is 19.8 Å². The van der Waals surface area contributed by atoms with Gasteiger partial charge in [-0.25, -0.2) is 0 Å². The first-order valence-corrected chi connectivity index (χ1v) is 8.19. The van der Waals surface area contributed by atoms with Crippen molar-refractivity contribution in [2.75, 3.05) is 33.9 Å². The Kier molecular flexibility index (Phi) is 5.33. The van der Waals surface area contributed by atoms with Gasteiger partial charge in [-0.05, 0) is 29.8 Å². The van der Waals surface area contributed by atoms with Crippen LogP contribution in [0.3, 0.4) is 0 Å². The molecule has 2 aromatic rings. The fourth-order valence-electron chi connectivity index (χ4n) is 3.57. The van der Waals surface area contributed by atoms with Crippen LogP contribution in [0.15, 0.2) is 42.7 Å². The van der Waals surface area contributed by atoms with Gasteiger partial charge in [-0.15, -0.1) is 0 Å². The number of likely N-dealkylation sites (tertiary alicyclic amines) is 1. The van der Waals surface area contributed by atoms with Crippen molar-refractivity contribution in [3.05, 3.63) is 53.9 Å². The molecule has 0 saturated carbocycles. The van der Waals surface area contributed by atoms with E-state index in [4.69, 9.17) is 9.47 Å². The molecule has 0 amide bonds. The van der Waals surface area contributed by atoms with Gasteiger partial charge in [0.25, 0.3) is 0 Å². The Bertz CT molecular complexity index is 641. The summed E-state index contributed by atoms with van der Waals surface area (Å²) in [6.07, 6.45) is 3.63. The Labute approximate surface area is 142 Å². The zero-order valence-electron chi connectivity index (χ0n) is 14.2. The lowest BCUT2D eigenvalue weighted by molar-refractivity contribution is 0.213. The van der Waals surface area contributed by atoms with Gasteiger partial charge in [-0.1, -0.05) is 6.07 Å². The van der Waals surface area contributed by atoms with E-state index in [1.807, 2.05) is 42.7 Å². The summed E-state index contributed by atoms with van der Waals surface area (Å²) in [6.45, 7) is 2.68. The topological polar surface area (TPSA) is 54.8 Å². The van der Waals surface area contributed by atoms with Gasteiger partial charge in [0.2, 0.25) is 0 Å². The number of rotatable bonds is 6. The fraction of sp³-hybridized carbons (Fsp3) is 0.421. The predicted molar refractivity (Wildman–Crippen MR) is 92.4 cm³/mol. The molecule has 1 fully saturated rings. The zero-order chi connectivity index (χ0) is 16.9. The van der Waals surface area contributed by atoms with Gasteiger partial charge < -0.3 is 14.6 Å². The summed E-state index contributed by atoms with van der Waals surface area (Å²) in [4.78, 5) is 6.44. The lowest BCUT2D eigenvalue weighted by Crippen LogP contribution is -2.21. The van der Waals surface area contributed by atoms with Crippen LogP contribution in [0.4, 0.5) is 0 Å². The number of aliphatic hydroxyl groups excluding tert-OH is 1. The van der Waals surface area contributed by atoms with E-state index < -0.39 is 0 Å². The van der Waals surface area contributed by atoms with E-state index in [1.54, 1.807) is 14.2 Å². The minimum atomic E-state index is 0.187. The Morgan fingerprint density at radius 1 is 1.08 bits per heavy atom. The van der Waals surface area contributed by atoms with Crippen molar-refractivity contribution in [3.63, 3.8) is 0 Å². The molecule has 5 heteroatoms. The third-order valence-electron chi connectivity index (χ3n) is 4.80. The van der Waals surface area contributed by atoms with Crippen molar-refractivity contribution in [1.82, 2.24) is 9.88 Å². The molecular formula is C19H24N2O3. The van der Waals surface area contributed by atoms with Crippen LogP contribution in [0.1, 0.15) is 17.0 Å². The molecule has 5 nitrogen and oxygen atoms in total. The molecule has 0 aliphatic carbocycles. The second kappa shape index (κ2) is 7.64. The minimum absolute atomic E-state index is 0.187. The summed E-state index contributed by atoms with van der Waals surface area (Å²) in [5.74, 6) is 2.22. The Morgan fingerprint density at radius 2 is 1.75 bits per heavy atom. The number of hydrogen-bond donors (Lipinski definition) is 1. The van der Waals surface area contributed by atoms with Crippen molar-refractivity contribution < 1.29 is 14.6 Å². The lowest BCUT2D eigenvalue weighted by Gasteiger charge is -2.20. The van der Waals surface area contributed by atoms with Gasteiger partial charge in [0.1, 0.15) is 11.5 Å². The van der Waals surface area contributed by atoms with Crippen LogP contribution in [0.5, 0.6) is 11.5 Å². The molecule has 128 valence electrons. The maximum Gasteiger partial charge on any atom is 0.127 e. The molecule has 1 N–H and O–H groups in total. The molecule has 0 bridgehead atoms. The zero-order valence-corrected chi connectivity index (χ0v) is 14.2. The third kappa shape index (κ3) is 3.37. The summed E-state index contributed by atoms with van der Waals surface area (Å²) in [5, 5.41) is 9.79. The molecule has 2 atom stereocenters. The van der Waals surface area contributed by atoms with E-state index in [2.05, 4.69) is 9.88 Å². The second-order valence-corrected chi connectivity index (χ2v) is 6.16. The van der Waals surface area contributed by atoms with E-state index >= 15 is 0 Å². The molecule has 0 spiro atoms. The van der Waals surface area contributed by atoms with Gasteiger partial charge in [0.15, 0.2) is 0 Å². The maximum atomic E-state index is 9.79. The largest absolute Gasteiger partial charge is 0.496 e. The number of pyridine rings is 1. The van der Waals surface area contributed by atoms with Gasteiger partial charge >= 0.3 is 0 Å². The first-order valence-electron chi connectivity index (χ1n) is 8.19. The molecule has 1 aromatic carbocycles. The minimum Gasteiger partial charge on any atom is -0.496 e. The molecule has 2 heterocycles. The van der Waals surface area contributed by atoms with Crippen LogP contribution < -0.4 is 9.47 Å². The van der Waals surface area contributed by atoms with Crippen LogP contribution in [0, 0.1) is 5.92 Å². The molecule has 1 aliphatic heterocycles. The summed E-state index contributed by atoms with van der Waals surface area (Å²) in [5.41, 5.74) is 2.29. The average molecular weight is 328 g/mol. The molecule has 24 heavy (non-hydrogen) atoms. The first-order chi connectivity index (χ1) is 11.8. The van der Waals surface area contributed by atoms with Crippen molar-refractivity contribution in [2.45, 2.75) is 12.5 Å². The average Bonchev–Trinajstić information content (AvgIpc) is 3.05. The normalized spacial score (nSPS) is 21.0. The summed E-state index contributed by atoms with van der Waals surface area (Å²) in [6, 6.07) is 9.93. The van der Waals surface area contributed by atoms with Crippen molar-refractivity contribution >= 4 is 0 Å². The molecule has 1 aromatic heterocycles. The highest BCUT2D eigenvalue weighted by atomic mass is 16.5. The van der Waals surface area contributed by atoms with Crippen LogP contribution in [-0.2, 0) is 6.54 Å². The van der Waals surface area contributed by atoms with E-state index in [9.17, 15) is 5.11 Å². The molecule has 0 unspecified atom stereocenters. The molecule has 1 saturated heterocycles. The Hall–Kier alpha value is -2.11. The predicted octanol–water partition coefficient (Wildman–Crippen LogP) is 2.31. The number of methoxy groups -OCH3 is 2. The molecule has 3 rings (SSSR count). The van der Waals surface area contributed by atoms with Crippen LogP contribution in [0.2, 0.25) is 0 Å². The van der Waals surface area contributed by atoms with Gasteiger partial charge in [0, 0.05) is 50.5 Å². The van der Waals surface area contributed by atoms with Crippen molar-refractivity contribution in [2.24, 2.45) is 5.92 Å². The van der Waals surface area contributed by atoms with Crippen LogP contribution >= 0.6 is 0 Å². The van der Waals surface area contributed by atoms with Gasteiger partial charge in [-0.3, -0.25) is 9.88 Å².